The number of carbonyl (C=O) groups is 1. The van der Waals surface area contributed by atoms with Crippen molar-refractivity contribution < 1.29 is 30.6 Å². The van der Waals surface area contributed by atoms with Gasteiger partial charge in [-0.3, -0.25) is 9.78 Å². The molecule has 0 atom stereocenters. The molecule has 0 aliphatic rings. The van der Waals surface area contributed by atoms with Crippen LogP contribution in [0.4, 0.5) is 13.2 Å². The Morgan fingerprint density at radius 3 is 2.19 bits per heavy atom. The van der Waals surface area contributed by atoms with Gasteiger partial charge in [-0.2, -0.15) is 26.7 Å². The lowest BCUT2D eigenvalue weighted by Gasteiger charge is -2.15. The van der Waals surface area contributed by atoms with Crippen LogP contribution in [0.2, 0.25) is 0 Å². The van der Waals surface area contributed by atoms with E-state index in [1.165, 1.54) is 14.0 Å². The molecular formula is C20H20F3N3O4S. The molecule has 0 saturated heterocycles. The monoisotopic (exact) mass is 455 g/mol. The summed E-state index contributed by atoms with van der Waals surface area (Å²) in [6.45, 7) is 8.64. The number of ketones is 1. The Balaban J connectivity index is 2.30. The van der Waals surface area contributed by atoms with Gasteiger partial charge in [-0.05, 0) is 51.1 Å². The van der Waals surface area contributed by atoms with Crippen molar-refractivity contribution in [2.45, 2.75) is 40.1 Å². The van der Waals surface area contributed by atoms with Crippen LogP contribution < -0.4 is 4.18 Å². The number of nitrogens with zero attached hydrogens (tertiary/aromatic N) is 3. The average Bonchev–Trinajstić information content (AvgIpc) is 2.90. The van der Waals surface area contributed by atoms with Crippen LogP contribution in [0.15, 0.2) is 12.1 Å². The molecule has 0 fully saturated rings. The Morgan fingerprint density at radius 2 is 1.61 bits per heavy atom. The maximum atomic E-state index is 13.5. The summed E-state index contributed by atoms with van der Waals surface area (Å²) in [6, 6.07) is 3.26. The Bertz CT molecular complexity index is 1340. The van der Waals surface area contributed by atoms with Gasteiger partial charge in [0, 0.05) is 29.4 Å². The largest absolute Gasteiger partial charge is 0.534 e. The SMILES string of the molecule is Cc1nn(C)c(OS(=O)(=O)C(F)(F)F)c1C(=O)c1ccc(C)c2c(C)nc(C)c(C)c12. The van der Waals surface area contributed by atoms with Crippen LogP contribution in [0.25, 0.3) is 10.8 Å². The normalized spacial score (nSPS) is 12.4. The number of hydrogen-bond donors (Lipinski definition) is 0. The molecule has 0 N–H and O–H groups in total. The number of aryl methyl sites for hydroxylation is 6. The van der Waals surface area contributed by atoms with Crippen LogP contribution in [0.5, 0.6) is 5.88 Å². The Kier molecular flexibility index (Phi) is 5.37. The molecule has 31 heavy (non-hydrogen) atoms. The molecule has 1 aromatic carbocycles. The van der Waals surface area contributed by atoms with E-state index in [1.54, 1.807) is 32.9 Å². The lowest BCUT2D eigenvalue weighted by atomic mass is 9.91. The first kappa shape index (κ1) is 22.7. The summed E-state index contributed by atoms with van der Waals surface area (Å²) < 4.78 is 66.9. The molecule has 7 nitrogen and oxygen atoms in total. The molecule has 3 aromatic rings. The molecule has 3 rings (SSSR count). The van der Waals surface area contributed by atoms with Crippen molar-refractivity contribution in [1.82, 2.24) is 14.8 Å². The number of hydrogen-bond acceptors (Lipinski definition) is 6. The van der Waals surface area contributed by atoms with Crippen LogP contribution in [-0.4, -0.2) is 34.5 Å². The fourth-order valence-corrected chi connectivity index (χ4v) is 4.10. The van der Waals surface area contributed by atoms with E-state index < -0.39 is 27.3 Å². The zero-order valence-corrected chi connectivity index (χ0v) is 18.5. The lowest BCUT2D eigenvalue weighted by Crippen LogP contribution is -2.29. The van der Waals surface area contributed by atoms with E-state index in [9.17, 15) is 26.4 Å². The predicted molar refractivity (Wildman–Crippen MR) is 108 cm³/mol. The standard InChI is InChI=1S/C20H20F3N3O4S/c1-9-7-8-14(16-10(2)11(3)24-12(4)15(9)16)18(27)17-13(5)25-26(6)19(17)30-31(28,29)20(21,22)23/h7-8H,1-6H3. The van der Waals surface area contributed by atoms with E-state index in [2.05, 4.69) is 14.3 Å². The van der Waals surface area contributed by atoms with Crippen molar-refractivity contribution in [2.24, 2.45) is 7.05 Å². The third kappa shape index (κ3) is 3.67. The molecule has 0 aliphatic carbocycles. The smallest absolute Gasteiger partial charge is 0.355 e. The minimum Gasteiger partial charge on any atom is -0.355 e. The van der Waals surface area contributed by atoms with Crippen molar-refractivity contribution in [3.63, 3.8) is 0 Å². The van der Waals surface area contributed by atoms with E-state index in [-0.39, 0.29) is 16.8 Å². The summed E-state index contributed by atoms with van der Waals surface area (Å²) in [5, 5.41) is 5.26. The number of alkyl halides is 3. The highest BCUT2D eigenvalue weighted by Gasteiger charge is 2.49. The predicted octanol–water partition coefficient (Wildman–Crippen LogP) is 3.97. The highest BCUT2D eigenvalue weighted by molar-refractivity contribution is 7.88. The first-order chi connectivity index (χ1) is 14.2. The van der Waals surface area contributed by atoms with E-state index in [0.29, 0.717) is 16.8 Å². The number of pyridine rings is 1. The van der Waals surface area contributed by atoms with Gasteiger partial charge < -0.3 is 4.18 Å². The Hall–Kier alpha value is -2.95. The molecule has 11 heteroatoms. The van der Waals surface area contributed by atoms with E-state index in [1.807, 2.05) is 6.92 Å². The molecule has 0 amide bonds. The average molecular weight is 455 g/mol. The second-order valence-electron chi connectivity index (χ2n) is 7.29. The molecule has 0 aliphatic heterocycles. The second kappa shape index (κ2) is 7.33. The zero-order valence-electron chi connectivity index (χ0n) is 17.7. The van der Waals surface area contributed by atoms with E-state index >= 15 is 0 Å². The molecule has 0 unspecified atom stereocenters. The number of halogens is 3. The summed E-state index contributed by atoms with van der Waals surface area (Å²) >= 11 is 0. The summed E-state index contributed by atoms with van der Waals surface area (Å²) in [5.74, 6) is -1.50. The van der Waals surface area contributed by atoms with Gasteiger partial charge >= 0.3 is 15.6 Å². The van der Waals surface area contributed by atoms with Gasteiger partial charge in [-0.1, -0.05) is 12.1 Å². The third-order valence-corrected chi connectivity index (χ3v) is 6.09. The van der Waals surface area contributed by atoms with Gasteiger partial charge in [-0.15, -0.1) is 0 Å². The summed E-state index contributed by atoms with van der Waals surface area (Å²) in [5.41, 5.74) is -2.78. The highest BCUT2D eigenvalue weighted by atomic mass is 32.2. The molecule has 0 saturated carbocycles. The van der Waals surface area contributed by atoms with Crippen LogP contribution in [0.1, 0.15) is 44.1 Å². The molecule has 0 spiro atoms. The first-order valence-electron chi connectivity index (χ1n) is 9.13. The minimum atomic E-state index is -5.99. The van der Waals surface area contributed by atoms with Crippen molar-refractivity contribution in [3.8, 4) is 5.88 Å². The highest BCUT2D eigenvalue weighted by Crippen LogP contribution is 2.35. The summed E-state index contributed by atoms with van der Waals surface area (Å²) in [4.78, 5) is 18.0. The van der Waals surface area contributed by atoms with Crippen LogP contribution in [0, 0.1) is 34.6 Å². The summed E-state index contributed by atoms with van der Waals surface area (Å²) in [7, 11) is -4.80. The third-order valence-electron chi connectivity index (χ3n) is 5.14. The van der Waals surface area contributed by atoms with E-state index in [0.717, 1.165) is 21.2 Å². The molecule has 0 radical (unpaired) electrons. The van der Waals surface area contributed by atoms with Gasteiger partial charge in [0.1, 0.15) is 5.56 Å². The maximum absolute atomic E-state index is 13.5. The van der Waals surface area contributed by atoms with Gasteiger partial charge in [0.15, 0.2) is 0 Å². The topological polar surface area (TPSA) is 91.2 Å². The number of rotatable bonds is 4. The fraction of sp³-hybridized carbons (Fsp3) is 0.350. The zero-order chi connectivity index (χ0) is 23.5. The molecule has 2 heterocycles. The fourth-order valence-electron chi connectivity index (χ4n) is 3.60. The number of benzene rings is 1. The second-order valence-corrected chi connectivity index (χ2v) is 8.83. The number of aromatic nitrogens is 3. The summed E-state index contributed by atoms with van der Waals surface area (Å²) in [6.07, 6.45) is 0. The van der Waals surface area contributed by atoms with Crippen LogP contribution in [0.3, 0.4) is 0 Å². The quantitative estimate of drug-likeness (QED) is 0.336. The van der Waals surface area contributed by atoms with Gasteiger partial charge in [0.25, 0.3) is 0 Å². The minimum absolute atomic E-state index is 0.0359. The maximum Gasteiger partial charge on any atom is 0.534 e. The van der Waals surface area contributed by atoms with E-state index in [4.69, 9.17) is 0 Å². The first-order valence-corrected chi connectivity index (χ1v) is 10.5. The van der Waals surface area contributed by atoms with Crippen molar-refractivity contribution in [1.29, 1.82) is 0 Å². The van der Waals surface area contributed by atoms with Crippen molar-refractivity contribution >= 4 is 26.7 Å². The molecule has 2 aromatic heterocycles. The van der Waals surface area contributed by atoms with Gasteiger partial charge in [0.05, 0.1) is 5.69 Å². The number of fused-ring (bicyclic) bond motifs is 1. The van der Waals surface area contributed by atoms with Gasteiger partial charge in [0.2, 0.25) is 11.7 Å². The van der Waals surface area contributed by atoms with Crippen LogP contribution >= 0.6 is 0 Å². The van der Waals surface area contributed by atoms with Crippen molar-refractivity contribution in [2.75, 3.05) is 0 Å². The van der Waals surface area contributed by atoms with Crippen molar-refractivity contribution in [3.05, 3.63) is 51.5 Å². The van der Waals surface area contributed by atoms with Gasteiger partial charge in [-0.25, -0.2) is 4.68 Å². The molecule has 166 valence electrons. The molecule has 0 bridgehead atoms. The number of carbonyl (C=O) groups excluding carboxylic acids is 1. The Labute approximate surface area is 177 Å². The molecular weight excluding hydrogens is 435 g/mol. The van der Waals surface area contributed by atoms with Crippen LogP contribution in [-0.2, 0) is 17.2 Å². The lowest BCUT2D eigenvalue weighted by molar-refractivity contribution is -0.0502. The Morgan fingerprint density at radius 1 is 1.00 bits per heavy atom.